The van der Waals surface area contributed by atoms with Crippen molar-refractivity contribution in [3.63, 3.8) is 0 Å². The Bertz CT molecular complexity index is 473. The number of nitrogens with zero attached hydrogens (tertiary/aromatic N) is 1. The summed E-state index contributed by atoms with van der Waals surface area (Å²) in [5, 5.41) is 11.8. The Hall–Kier alpha value is -1.59. The van der Waals surface area contributed by atoms with Gasteiger partial charge in [0.15, 0.2) is 0 Å². The highest BCUT2D eigenvalue weighted by Crippen LogP contribution is 2.43. The minimum Gasteiger partial charge on any atom is -0.480 e. The minimum atomic E-state index is -1.17. The molecule has 3 amide bonds. The molecule has 1 unspecified atom stereocenters. The van der Waals surface area contributed by atoms with Crippen LogP contribution in [-0.4, -0.2) is 39.5 Å². The monoisotopic (exact) mass is 296 g/mol. The molecular weight excluding hydrogens is 272 g/mol. The summed E-state index contributed by atoms with van der Waals surface area (Å²) in [5.41, 5.74) is -0.705. The number of carboxylic acid groups (broad SMARTS) is 1. The van der Waals surface area contributed by atoms with Crippen LogP contribution in [0.2, 0.25) is 0 Å². The van der Waals surface area contributed by atoms with E-state index in [-0.39, 0.29) is 11.3 Å². The first-order valence-electron chi connectivity index (χ1n) is 7.47. The molecule has 1 saturated carbocycles. The first kappa shape index (κ1) is 15.8. The lowest BCUT2D eigenvalue weighted by Gasteiger charge is -2.40. The Labute approximate surface area is 124 Å². The summed E-state index contributed by atoms with van der Waals surface area (Å²) < 4.78 is 0. The smallest absolute Gasteiger partial charge is 0.326 e. The van der Waals surface area contributed by atoms with Crippen LogP contribution in [0.4, 0.5) is 4.79 Å². The molecule has 2 rings (SSSR count). The minimum absolute atomic E-state index is 0.182. The second-order valence-electron chi connectivity index (χ2n) is 7.34. The van der Waals surface area contributed by atoms with Crippen LogP contribution in [0, 0.1) is 11.3 Å². The molecule has 1 saturated heterocycles. The van der Waals surface area contributed by atoms with E-state index in [0.717, 1.165) is 17.7 Å². The summed E-state index contributed by atoms with van der Waals surface area (Å²) in [6.07, 6.45) is 2.90. The Balaban J connectivity index is 2.15. The second-order valence-corrected chi connectivity index (χ2v) is 7.34. The van der Waals surface area contributed by atoms with Gasteiger partial charge in [-0.2, -0.15) is 0 Å². The summed E-state index contributed by atoms with van der Waals surface area (Å²) in [6.45, 7) is 7.91. The summed E-state index contributed by atoms with van der Waals surface area (Å²) >= 11 is 0. The number of aliphatic carboxylic acids is 1. The Morgan fingerprint density at radius 3 is 2.29 bits per heavy atom. The highest BCUT2D eigenvalue weighted by atomic mass is 16.4. The van der Waals surface area contributed by atoms with Gasteiger partial charge in [0.2, 0.25) is 0 Å². The number of amides is 3. The molecule has 0 bridgehead atoms. The van der Waals surface area contributed by atoms with Gasteiger partial charge in [-0.25, -0.2) is 14.5 Å². The van der Waals surface area contributed by atoms with Crippen LogP contribution in [0.1, 0.15) is 53.4 Å². The van der Waals surface area contributed by atoms with Crippen molar-refractivity contribution in [1.29, 1.82) is 0 Å². The normalized spacial score (nSPS) is 31.4. The molecule has 2 aliphatic rings. The number of carbonyl (C=O) groups excluding carboxylic acids is 2. The van der Waals surface area contributed by atoms with Crippen molar-refractivity contribution in [2.24, 2.45) is 11.3 Å². The molecule has 6 heteroatoms. The van der Waals surface area contributed by atoms with E-state index in [1.54, 1.807) is 0 Å². The van der Waals surface area contributed by atoms with Crippen molar-refractivity contribution in [2.45, 2.75) is 65.0 Å². The van der Waals surface area contributed by atoms with Crippen LogP contribution in [-0.2, 0) is 9.59 Å². The standard InChI is InChI=1S/C15H24N2O4/c1-9(11(18)19)17-12(20)15(16-13(17)21)7-5-10(6-8-15)14(2,3)4/h9-10H,5-8H2,1-4H3,(H,16,21)(H,18,19). The Morgan fingerprint density at radius 2 is 1.86 bits per heavy atom. The van der Waals surface area contributed by atoms with Gasteiger partial charge in [0.05, 0.1) is 0 Å². The molecule has 2 N–H and O–H groups in total. The number of carbonyl (C=O) groups is 3. The maximum absolute atomic E-state index is 12.6. The lowest BCUT2D eigenvalue weighted by atomic mass is 9.67. The molecule has 0 aromatic rings. The van der Waals surface area contributed by atoms with Gasteiger partial charge in [-0.1, -0.05) is 20.8 Å². The number of nitrogens with one attached hydrogen (secondary N) is 1. The fourth-order valence-corrected chi connectivity index (χ4v) is 3.42. The van der Waals surface area contributed by atoms with Crippen LogP contribution >= 0.6 is 0 Å². The fourth-order valence-electron chi connectivity index (χ4n) is 3.42. The Morgan fingerprint density at radius 1 is 1.33 bits per heavy atom. The number of urea groups is 1. The second kappa shape index (κ2) is 5.00. The highest BCUT2D eigenvalue weighted by molar-refractivity contribution is 6.09. The van der Waals surface area contributed by atoms with Gasteiger partial charge >= 0.3 is 12.0 Å². The first-order valence-corrected chi connectivity index (χ1v) is 7.47. The number of hydrogen-bond donors (Lipinski definition) is 2. The molecule has 1 spiro atoms. The van der Waals surface area contributed by atoms with Crippen LogP contribution in [0.25, 0.3) is 0 Å². The van der Waals surface area contributed by atoms with Gasteiger partial charge in [-0.15, -0.1) is 0 Å². The van der Waals surface area contributed by atoms with Crippen molar-refractivity contribution < 1.29 is 19.5 Å². The fraction of sp³-hybridized carbons (Fsp3) is 0.800. The zero-order chi connectivity index (χ0) is 16.0. The average molecular weight is 296 g/mol. The molecule has 21 heavy (non-hydrogen) atoms. The maximum Gasteiger partial charge on any atom is 0.326 e. The molecule has 0 radical (unpaired) electrons. The van der Waals surface area contributed by atoms with Crippen LogP contribution in [0.15, 0.2) is 0 Å². The van der Waals surface area contributed by atoms with Crippen LogP contribution in [0.3, 0.4) is 0 Å². The Kier molecular flexibility index (Phi) is 3.76. The van der Waals surface area contributed by atoms with E-state index in [1.165, 1.54) is 6.92 Å². The number of carboxylic acids is 1. The van der Waals surface area contributed by atoms with E-state index in [9.17, 15) is 14.4 Å². The lowest BCUT2D eigenvalue weighted by molar-refractivity contribution is -0.147. The molecule has 0 aromatic carbocycles. The summed E-state index contributed by atoms with van der Waals surface area (Å²) in [4.78, 5) is 36.5. The molecule has 1 atom stereocenters. The maximum atomic E-state index is 12.6. The van der Waals surface area contributed by atoms with Crippen LogP contribution in [0.5, 0.6) is 0 Å². The quantitative estimate of drug-likeness (QED) is 0.763. The van der Waals surface area contributed by atoms with Crippen LogP contribution < -0.4 is 5.32 Å². The molecule has 2 fully saturated rings. The van der Waals surface area contributed by atoms with Gasteiger partial charge in [0.1, 0.15) is 11.6 Å². The van der Waals surface area contributed by atoms with Crippen molar-refractivity contribution in [2.75, 3.05) is 0 Å². The third kappa shape index (κ3) is 2.63. The summed E-state index contributed by atoms with van der Waals surface area (Å²) in [5.74, 6) is -1.03. The lowest BCUT2D eigenvalue weighted by Crippen LogP contribution is -2.51. The molecule has 0 aromatic heterocycles. The van der Waals surface area contributed by atoms with E-state index in [1.807, 2.05) is 0 Å². The molecule has 1 aliphatic heterocycles. The van der Waals surface area contributed by atoms with E-state index in [2.05, 4.69) is 26.1 Å². The van der Waals surface area contributed by atoms with Crippen molar-refractivity contribution in [1.82, 2.24) is 10.2 Å². The predicted molar refractivity (Wildman–Crippen MR) is 76.6 cm³/mol. The van der Waals surface area contributed by atoms with Crippen molar-refractivity contribution >= 4 is 17.9 Å². The molecule has 1 heterocycles. The number of hydrogen-bond acceptors (Lipinski definition) is 3. The average Bonchev–Trinajstić information content (AvgIpc) is 2.59. The van der Waals surface area contributed by atoms with E-state index < -0.39 is 23.6 Å². The summed E-state index contributed by atoms with van der Waals surface area (Å²) in [6, 6.07) is -1.71. The molecule has 1 aliphatic carbocycles. The number of rotatable bonds is 2. The van der Waals surface area contributed by atoms with Crippen molar-refractivity contribution in [3.05, 3.63) is 0 Å². The SMILES string of the molecule is CC(C(=O)O)N1C(=O)NC2(CCC(C(C)(C)C)CC2)C1=O. The predicted octanol–water partition coefficient (Wildman–Crippen LogP) is 1.99. The van der Waals surface area contributed by atoms with Crippen molar-refractivity contribution in [3.8, 4) is 0 Å². The topological polar surface area (TPSA) is 86.7 Å². The van der Waals surface area contributed by atoms with Gasteiger partial charge in [0, 0.05) is 0 Å². The third-order valence-electron chi connectivity index (χ3n) is 5.00. The zero-order valence-corrected chi connectivity index (χ0v) is 13.1. The molecule has 118 valence electrons. The van der Waals surface area contributed by atoms with E-state index in [0.29, 0.717) is 18.8 Å². The first-order chi connectivity index (χ1) is 9.58. The third-order valence-corrected chi connectivity index (χ3v) is 5.00. The molecular formula is C15H24N2O4. The summed E-state index contributed by atoms with van der Waals surface area (Å²) in [7, 11) is 0. The van der Waals surface area contributed by atoms with Gasteiger partial charge in [-0.05, 0) is 43.9 Å². The van der Waals surface area contributed by atoms with E-state index >= 15 is 0 Å². The highest BCUT2D eigenvalue weighted by Gasteiger charge is 2.55. The number of imide groups is 1. The molecule has 6 nitrogen and oxygen atoms in total. The zero-order valence-electron chi connectivity index (χ0n) is 13.1. The largest absolute Gasteiger partial charge is 0.480 e. The van der Waals surface area contributed by atoms with Gasteiger partial charge < -0.3 is 10.4 Å². The van der Waals surface area contributed by atoms with E-state index in [4.69, 9.17) is 5.11 Å². The van der Waals surface area contributed by atoms with Gasteiger partial charge in [-0.3, -0.25) is 4.79 Å². The van der Waals surface area contributed by atoms with Gasteiger partial charge in [0.25, 0.3) is 5.91 Å².